The van der Waals surface area contributed by atoms with Crippen LogP contribution in [0, 0.1) is 0 Å². The topological polar surface area (TPSA) is 91.1 Å². The zero-order valence-electron chi connectivity index (χ0n) is 21.4. The van der Waals surface area contributed by atoms with E-state index < -0.39 is 6.10 Å². The van der Waals surface area contributed by atoms with Gasteiger partial charge in [0.05, 0.1) is 6.54 Å². The second-order valence-corrected chi connectivity index (χ2v) is 9.85. The van der Waals surface area contributed by atoms with E-state index >= 15 is 0 Å². The number of esters is 1. The first kappa shape index (κ1) is 26.1. The molecule has 2 aromatic heterocycles. The van der Waals surface area contributed by atoms with Gasteiger partial charge in [-0.25, -0.2) is 4.98 Å². The fraction of sp³-hybridized carbons (Fsp3) is 0.571. The van der Waals surface area contributed by atoms with Crippen molar-refractivity contribution in [3.63, 3.8) is 0 Å². The average molecular weight is 497 g/mol. The lowest BCUT2D eigenvalue weighted by molar-refractivity contribution is -0.151. The van der Waals surface area contributed by atoms with Crippen LogP contribution in [-0.4, -0.2) is 69.5 Å². The van der Waals surface area contributed by atoms with Gasteiger partial charge < -0.3 is 19.8 Å². The van der Waals surface area contributed by atoms with Gasteiger partial charge in [0.25, 0.3) is 0 Å². The van der Waals surface area contributed by atoms with Crippen LogP contribution in [0.15, 0.2) is 36.5 Å². The minimum atomic E-state index is -0.465. The highest BCUT2D eigenvalue weighted by atomic mass is 16.5. The number of nitrogens with zero attached hydrogens (tertiary/aromatic N) is 4. The molecule has 8 heteroatoms. The van der Waals surface area contributed by atoms with E-state index in [2.05, 4.69) is 21.7 Å². The van der Waals surface area contributed by atoms with Crippen molar-refractivity contribution < 1.29 is 19.7 Å². The first-order valence-electron chi connectivity index (χ1n) is 13.4. The summed E-state index contributed by atoms with van der Waals surface area (Å²) in [4.78, 5) is 21.7. The van der Waals surface area contributed by atoms with Crippen molar-refractivity contribution >= 4 is 11.8 Å². The second-order valence-electron chi connectivity index (χ2n) is 9.85. The zero-order valence-corrected chi connectivity index (χ0v) is 21.4. The van der Waals surface area contributed by atoms with E-state index in [9.17, 15) is 15.0 Å². The summed E-state index contributed by atoms with van der Waals surface area (Å²) in [6.45, 7) is 6.29. The van der Waals surface area contributed by atoms with Crippen molar-refractivity contribution in [2.45, 2.75) is 70.9 Å². The van der Waals surface area contributed by atoms with Crippen LogP contribution in [0.2, 0.25) is 0 Å². The molecule has 1 aliphatic carbocycles. The summed E-state index contributed by atoms with van der Waals surface area (Å²) in [5.41, 5.74) is 1.53. The molecule has 0 bridgehead atoms. The zero-order chi connectivity index (χ0) is 25.3. The molecule has 4 rings (SSSR count). The van der Waals surface area contributed by atoms with E-state index in [0.717, 1.165) is 62.4 Å². The summed E-state index contributed by atoms with van der Waals surface area (Å²) in [5.74, 6) is 0.922. The Morgan fingerprint density at radius 2 is 1.67 bits per heavy atom. The molecule has 2 N–H and O–H groups in total. The molecule has 196 valence electrons. The second kappa shape index (κ2) is 12.8. The van der Waals surface area contributed by atoms with Crippen molar-refractivity contribution in [2.24, 2.45) is 0 Å². The SMILES string of the molecule is CCCCCCCC(=O)OC(CN1CCN(c2ccccn2)CC1)Cn1c(O)c2c(c1O)CC=CC2. The van der Waals surface area contributed by atoms with Crippen molar-refractivity contribution in [3.8, 4) is 11.8 Å². The molecule has 0 saturated carbocycles. The number of rotatable bonds is 12. The summed E-state index contributed by atoms with van der Waals surface area (Å²) in [6, 6.07) is 5.94. The molecular weight excluding hydrogens is 456 g/mol. The van der Waals surface area contributed by atoms with Crippen LogP contribution in [0.1, 0.15) is 56.6 Å². The van der Waals surface area contributed by atoms with Crippen molar-refractivity contribution in [1.29, 1.82) is 0 Å². The summed E-state index contributed by atoms with van der Waals surface area (Å²) in [5, 5.41) is 21.7. The van der Waals surface area contributed by atoms with Crippen LogP contribution in [0.25, 0.3) is 0 Å². The summed E-state index contributed by atoms with van der Waals surface area (Å²) in [6.07, 6.45) is 12.3. The monoisotopic (exact) mass is 496 g/mol. The highest BCUT2D eigenvalue weighted by molar-refractivity contribution is 5.69. The molecule has 0 radical (unpaired) electrons. The fourth-order valence-electron chi connectivity index (χ4n) is 5.14. The first-order chi connectivity index (χ1) is 17.6. The van der Waals surface area contributed by atoms with E-state index in [1.54, 1.807) is 0 Å². The minimum absolute atomic E-state index is 0.0763. The number of aromatic hydroxyl groups is 2. The molecular formula is C28H40N4O4. The van der Waals surface area contributed by atoms with E-state index in [0.29, 0.717) is 25.8 Å². The fourth-order valence-corrected chi connectivity index (χ4v) is 5.14. The number of fused-ring (bicyclic) bond motifs is 1. The molecule has 2 aromatic rings. The number of unbranched alkanes of at least 4 members (excludes halogenated alkanes) is 4. The van der Waals surface area contributed by atoms with Gasteiger partial charge in [-0.05, 0) is 31.4 Å². The standard InChI is InChI=1S/C28H40N4O4/c1-2-3-4-5-6-14-26(33)36-22(21-32-27(34)23-11-7-8-12-24(23)28(32)35)20-30-16-18-31(19-17-30)25-13-9-10-15-29-25/h7-10,13,15,22,34-35H,2-6,11-12,14,16-21H2,1H3. The van der Waals surface area contributed by atoms with Crippen LogP contribution in [-0.2, 0) is 28.9 Å². The van der Waals surface area contributed by atoms with Crippen LogP contribution in [0.4, 0.5) is 5.82 Å². The summed E-state index contributed by atoms with van der Waals surface area (Å²) >= 11 is 0. The Balaban J connectivity index is 1.39. The first-order valence-corrected chi connectivity index (χ1v) is 13.4. The number of hydrogen-bond acceptors (Lipinski definition) is 7. The van der Waals surface area contributed by atoms with Gasteiger partial charge in [0.15, 0.2) is 11.8 Å². The number of carbonyl (C=O) groups excluding carboxylic acids is 1. The molecule has 0 aromatic carbocycles. The van der Waals surface area contributed by atoms with Gasteiger partial charge in [-0.3, -0.25) is 14.3 Å². The third kappa shape index (κ3) is 6.60. The quantitative estimate of drug-likeness (QED) is 0.260. The molecule has 0 amide bonds. The third-order valence-electron chi connectivity index (χ3n) is 7.20. The van der Waals surface area contributed by atoms with E-state index in [4.69, 9.17) is 4.74 Å². The molecule has 36 heavy (non-hydrogen) atoms. The van der Waals surface area contributed by atoms with Gasteiger partial charge in [-0.1, -0.05) is 50.8 Å². The number of ether oxygens (including phenoxy) is 1. The number of carbonyl (C=O) groups is 1. The molecule has 1 fully saturated rings. The summed E-state index contributed by atoms with van der Waals surface area (Å²) < 4.78 is 7.47. The van der Waals surface area contributed by atoms with Gasteiger partial charge in [0, 0.05) is 56.5 Å². The third-order valence-corrected chi connectivity index (χ3v) is 7.20. The maximum Gasteiger partial charge on any atom is 0.306 e. The number of allylic oxidation sites excluding steroid dienone is 2. The molecule has 1 aliphatic heterocycles. The predicted molar refractivity (Wildman–Crippen MR) is 140 cm³/mol. The Bertz CT molecular complexity index is 981. The van der Waals surface area contributed by atoms with E-state index in [-0.39, 0.29) is 24.3 Å². The Labute approximate surface area is 214 Å². The maximum atomic E-state index is 12.7. The Kier molecular flexibility index (Phi) is 9.28. The number of piperazine rings is 1. The molecule has 1 unspecified atom stereocenters. The smallest absolute Gasteiger partial charge is 0.306 e. The van der Waals surface area contributed by atoms with Gasteiger partial charge in [-0.15, -0.1) is 0 Å². The van der Waals surface area contributed by atoms with Gasteiger partial charge in [0.1, 0.15) is 11.9 Å². The van der Waals surface area contributed by atoms with Crippen LogP contribution >= 0.6 is 0 Å². The molecule has 0 spiro atoms. The Hall–Kier alpha value is -3.00. The van der Waals surface area contributed by atoms with Crippen LogP contribution in [0.3, 0.4) is 0 Å². The van der Waals surface area contributed by atoms with Crippen LogP contribution in [0.5, 0.6) is 11.8 Å². The lowest BCUT2D eigenvalue weighted by atomic mass is 10.0. The minimum Gasteiger partial charge on any atom is -0.494 e. The number of aromatic nitrogens is 2. The molecule has 8 nitrogen and oxygen atoms in total. The van der Waals surface area contributed by atoms with Crippen LogP contribution < -0.4 is 4.90 Å². The van der Waals surface area contributed by atoms with Crippen molar-refractivity contribution in [1.82, 2.24) is 14.5 Å². The van der Waals surface area contributed by atoms with E-state index in [1.165, 1.54) is 17.4 Å². The lowest BCUT2D eigenvalue weighted by Gasteiger charge is -2.37. The highest BCUT2D eigenvalue weighted by Crippen LogP contribution is 2.37. The molecule has 1 atom stereocenters. The Morgan fingerprint density at radius 3 is 2.31 bits per heavy atom. The van der Waals surface area contributed by atoms with Gasteiger partial charge in [-0.2, -0.15) is 0 Å². The predicted octanol–water partition coefficient (Wildman–Crippen LogP) is 4.04. The van der Waals surface area contributed by atoms with Gasteiger partial charge >= 0.3 is 5.97 Å². The molecule has 3 heterocycles. The Morgan fingerprint density at radius 1 is 0.972 bits per heavy atom. The average Bonchev–Trinajstić information content (AvgIpc) is 3.14. The summed E-state index contributed by atoms with van der Waals surface area (Å²) in [7, 11) is 0. The van der Waals surface area contributed by atoms with E-state index in [1.807, 2.05) is 36.5 Å². The van der Waals surface area contributed by atoms with Crippen molar-refractivity contribution in [3.05, 3.63) is 47.7 Å². The lowest BCUT2D eigenvalue weighted by Crippen LogP contribution is -2.49. The number of hydrogen-bond donors (Lipinski definition) is 2. The maximum absolute atomic E-state index is 12.7. The highest BCUT2D eigenvalue weighted by Gasteiger charge is 2.28. The number of anilines is 1. The molecule has 2 aliphatic rings. The molecule has 1 saturated heterocycles. The van der Waals surface area contributed by atoms with Crippen molar-refractivity contribution in [2.75, 3.05) is 37.6 Å². The number of pyridine rings is 1. The van der Waals surface area contributed by atoms with Gasteiger partial charge in [0.2, 0.25) is 0 Å². The largest absolute Gasteiger partial charge is 0.494 e. The normalized spacial score (nSPS) is 16.6.